The Balaban J connectivity index is 1.78. The van der Waals surface area contributed by atoms with Gasteiger partial charge in [0.1, 0.15) is 5.75 Å². The van der Waals surface area contributed by atoms with Crippen LogP contribution >= 0.6 is 0 Å². The molecule has 2 heterocycles. The van der Waals surface area contributed by atoms with Crippen LogP contribution in [0.2, 0.25) is 0 Å². The van der Waals surface area contributed by atoms with Crippen LogP contribution in [0.15, 0.2) is 24.3 Å². The highest BCUT2D eigenvalue weighted by Gasteiger charge is 2.47. The fraction of sp³-hybridized carbons (Fsp3) is 0.529. The molecule has 6 heteroatoms. The van der Waals surface area contributed by atoms with Crippen LogP contribution in [0.25, 0.3) is 0 Å². The molecule has 6 nitrogen and oxygen atoms in total. The Morgan fingerprint density at radius 3 is 2.87 bits per heavy atom. The monoisotopic (exact) mass is 319 g/mol. The van der Waals surface area contributed by atoms with Gasteiger partial charge in [-0.05, 0) is 37.5 Å². The van der Waals surface area contributed by atoms with Crippen molar-refractivity contribution in [1.82, 2.24) is 4.90 Å². The molecule has 0 aromatic heterocycles. The zero-order chi connectivity index (χ0) is 16.6. The Kier molecular flexibility index (Phi) is 4.26. The van der Waals surface area contributed by atoms with E-state index in [1.54, 1.807) is 24.3 Å². The fourth-order valence-electron chi connectivity index (χ4n) is 3.74. The molecule has 0 spiro atoms. The van der Waals surface area contributed by atoms with Gasteiger partial charge in [-0.2, -0.15) is 0 Å². The van der Waals surface area contributed by atoms with E-state index in [0.29, 0.717) is 17.7 Å². The molecule has 1 aromatic carbocycles. The van der Waals surface area contributed by atoms with Crippen LogP contribution in [-0.4, -0.2) is 51.8 Å². The predicted molar refractivity (Wildman–Crippen MR) is 82.3 cm³/mol. The molecule has 124 valence electrons. The van der Waals surface area contributed by atoms with Crippen LogP contribution in [0, 0.1) is 5.92 Å². The number of piperidine rings is 1. The lowest BCUT2D eigenvalue weighted by atomic mass is 9.88. The highest BCUT2D eigenvalue weighted by Crippen LogP contribution is 2.40. The molecule has 4 unspecified atom stereocenters. The van der Waals surface area contributed by atoms with Crippen LogP contribution in [0.5, 0.6) is 5.75 Å². The standard InChI is InChI=1S/C17H21NO5/c1-10-14-6-5-12(8-15(10)19)18(14)17(22)11-3-2-4-13(7-11)23-9-16(20)21/h2-4,7,10,12,14-15,19H,5-6,8-9H2,1H3,(H,20,21). The number of hydrogen-bond donors (Lipinski definition) is 2. The van der Waals surface area contributed by atoms with E-state index >= 15 is 0 Å². The molecule has 2 bridgehead atoms. The lowest BCUT2D eigenvalue weighted by Crippen LogP contribution is -2.52. The first kappa shape index (κ1) is 15.8. The number of ether oxygens (including phenoxy) is 1. The van der Waals surface area contributed by atoms with Crippen LogP contribution in [-0.2, 0) is 4.79 Å². The second-order valence-electron chi connectivity index (χ2n) is 6.38. The van der Waals surface area contributed by atoms with Gasteiger partial charge in [0.25, 0.3) is 5.91 Å². The minimum Gasteiger partial charge on any atom is -0.482 e. The van der Waals surface area contributed by atoms with Crippen molar-refractivity contribution in [2.75, 3.05) is 6.61 Å². The summed E-state index contributed by atoms with van der Waals surface area (Å²) < 4.78 is 5.14. The zero-order valence-electron chi connectivity index (χ0n) is 13.0. The number of fused-ring (bicyclic) bond motifs is 2. The van der Waals surface area contributed by atoms with Crippen molar-refractivity contribution >= 4 is 11.9 Å². The summed E-state index contributed by atoms with van der Waals surface area (Å²) in [5, 5.41) is 18.7. The third kappa shape index (κ3) is 3.03. The number of aliphatic hydroxyl groups excluding tert-OH is 1. The fourth-order valence-corrected chi connectivity index (χ4v) is 3.74. The number of hydrogen-bond acceptors (Lipinski definition) is 4. The average molecular weight is 319 g/mol. The van der Waals surface area contributed by atoms with Crippen LogP contribution in [0.4, 0.5) is 0 Å². The summed E-state index contributed by atoms with van der Waals surface area (Å²) in [4.78, 5) is 25.3. The second kappa shape index (κ2) is 6.20. The van der Waals surface area contributed by atoms with E-state index in [2.05, 4.69) is 0 Å². The highest BCUT2D eigenvalue weighted by atomic mass is 16.5. The molecule has 0 aliphatic carbocycles. The minimum absolute atomic E-state index is 0.0693. The van der Waals surface area contributed by atoms with E-state index in [9.17, 15) is 14.7 Å². The smallest absolute Gasteiger partial charge is 0.341 e. The van der Waals surface area contributed by atoms with Gasteiger partial charge in [0.2, 0.25) is 0 Å². The van der Waals surface area contributed by atoms with Crippen LogP contribution in [0.1, 0.15) is 36.5 Å². The van der Waals surface area contributed by atoms with E-state index in [-0.39, 0.29) is 30.0 Å². The average Bonchev–Trinajstić information content (AvgIpc) is 2.88. The molecule has 2 aliphatic heterocycles. The normalized spacial score (nSPS) is 29.4. The van der Waals surface area contributed by atoms with Gasteiger partial charge in [0.15, 0.2) is 6.61 Å². The number of carboxylic acid groups (broad SMARTS) is 1. The molecule has 2 N–H and O–H groups in total. The Morgan fingerprint density at radius 2 is 2.13 bits per heavy atom. The van der Waals surface area contributed by atoms with Gasteiger partial charge in [-0.25, -0.2) is 4.79 Å². The van der Waals surface area contributed by atoms with Gasteiger partial charge in [-0.15, -0.1) is 0 Å². The van der Waals surface area contributed by atoms with Crippen molar-refractivity contribution in [3.63, 3.8) is 0 Å². The predicted octanol–water partition coefficient (Wildman–Crippen LogP) is 1.52. The molecule has 0 saturated carbocycles. The molecule has 3 rings (SSSR count). The largest absolute Gasteiger partial charge is 0.482 e. The molecule has 2 aliphatic rings. The quantitative estimate of drug-likeness (QED) is 0.879. The number of benzene rings is 1. The number of carbonyl (C=O) groups is 2. The first-order valence-corrected chi connectivity index (χ1v) is 7.92. The number of carbonyl (C=O) groups excluding carboxylic acids is 1. The topological polar surface area (TPSA) is 87.1 Å². The Labute approximate surface area is 134 Å². The summed E-state index contributed by atoms with van der Waals surface area (Å²) in [5.74, 6) is -0.685. The van der Waals surface area contributed by atoms with Gasteiger partial charge >= 0.3 is 5.97 Å². The molecular weight excluding hydrogens is 298 g/mol. The van der Waals surface area contributed by atoms with Gasteiger partial charge < -0.3 is 19.8 Å². The van der Waals surface area contributed by atoms with Gasteiger partial charge in [-0.3, -0.25) is 4.79 Å². The van der Waals surface area contributed by atoms with Crippen molar-refractivity contribution in [2.45, 2.75) is 44.4 Å². The maximum atomic E-state index is 12.9. The molecule has 2 fully saturated rings. The summed E-state index contributed by atoms with van der Waals surface area (Å²) in [6.07, 6.45) is 2.12. The molecule has 1 amide bonds. The molecule has 2 saturated heterocycles. The molecule has 4 atom stereocenters. The first-order valence-electron chi connectivity index (χ1n) is 7.92. The summed E-state index contributed by atoms with van der Waals surface area (Å²) in [6.45, 7) is 1.55. The zero-order valence-corrected chi connectivity index (χ0v) is 13.0. The van der Waals surface area contributed by atoms with Crippen LogP contribution < -0.4 is 4.74 Å². The maximum Gasteiger partial charge on any atom is 0.341 e. The lowest BCUT2D eigenvalue weighted by molar-refractivity contribution is -0.139. The van der Waals surface area contributed by atoms with Gasteiger partial charge in [0, 0.05) is 23.6 Å². The van der Waals surface area contributed by atoms with Gasteiger partial charge in [0.05, 0.1) is 6.10 Å². The SMILES string of the molecule is CC1C(O)CC2CCC1N2C(=O)c1cccc(OCC(=O)O)c1. The number of nitrogens with zero attached hydrogens (tertiary/aromatic N) is 1. The Hall–Kier alpha value is -2.08. The van der Waals surface area contributed by atoms with Crippen molar-refractivity contribution in [1.29, 1.82) is 0 Å². The third-order valence-electron chi connectivity index (χ3n) is 4.95. The van der Waals surface area contributed by atoms with E-state index in [1.165, 1.54) is 0 Å². The van der Waals surface area contributed by atoms with E-state index in [1.807, 2.05) is 11.8 Å². The Morgan fingerprint density at radius 1 is 1.35 bits per heavy atom. The maximum absolute atomic E-state index is 12.9. The number of aliphatic hydroxyl groups is 1. The van der Waals surface area contributed by atoms with Crippen LogP contribution in [0.3, 0.4) is 0 Å². The number of carboxylic acids is 1. The summed E-state index contributed by atoms with van der Waals surface area (Å²) in [6, 6.07) is 6.78. The molecule has 0 radical (unpaired) electrons. The highest BCUT2D eigenvalue weighted by molar-refractivity contribution is 5.95. The number of aliphatic carboxylic acids is 1. The molecular formula is C17H21NO5. The van der Waals surface area contributed by atoms with E-state index < -0.39 is 12.6 Å². The second-order valence-corrected chi connectivity index (χ2v) is 6.38. The number of amides is 1. The third-order valence-corrected chi connectivity index (χ3v) is 4.95. The minimum atomic E-state index is -1.06. The van der Waals surface area contributed by atoms with E-state index in [0.717, 1.165) is 12.8 Å². The number of rotatable bonds is 4. The summed E-state index contributed by atoms with van der Waals surface area (Å²) >= 11 is 0. The van der Waals surface area contributed by atoms with Gasteiger partial charge in [-0.1, -0.05) is 13.0 Å². The summed E-state index contributed by atoms with van der Waals surface area (Å²) in [7, 11) is 0. The summed E-state index contributed by atoms with van der Waals surface area (Å²) in [5.41, 5.74) is 0.494. The Bertz CT molecular complexity index is 617. The molecule has 23 heavy (non-hydrogen) atoms. The van der Waals surface area contributed by atoms with Crippen molar-refractivity contribution in [2.24, 2.45) is 5.92 Å². The van der Waals surface area contributed by atoms with Crippen molar-refractivity contribution in [3.05, 3.63) is 29.8 Å². The van der Waals surface area contributed by atoms with E-state index in [4.69, 9.17) is 9.84 Å². The van der Waals surface area contributed by atoms with Crippen molar-refractivity contribution in [3.8, 4) is 5.75 Å². The lowest BCUT2D eigenvalue weighted by Gasteiger charge is -2.41. The molecule has 1 aromatic rings. The van der Waals surface area contributed by atoms with Crippen molar-refractivity contribution < 1.29 is 24.5 Å². The first-order chi connectivity index (χ1) is 11.0.